The van der Waals surface area contributed by atoms with Crippen LogP contribution in [0.2, 0.25) is 5.02 Å². The van der Waals surface area contributed by atoms with Crippen LogP contribution in [0.4, 0.5) is 5.69 Å². The molecule has 7 nitrogen and oxygen atoms in total. The lowest BCUT2D eigenvalue weighted by molar-refractivity contribution is 0.0949. The third-order valence-corrected chi connectivity index (χ3v) is 5.51. The van der Waals surface area contributed by atoms with Gasteiger partial charge in [0.25, 0.3) is 15.9 Å². The monoisotopic (exact) mass is 420 g/mol. The predicted molar refractivity (Wildman–Crippen MR) is 105 cm³/mol. The van der Waals surface area contributed by atoms with Crippen molar-refractivity contribution in [2.45, 2.75) is 11.4 Å². The Morgan fingerprint density at radius 2 is 1.93 bits per heavy atom. The fourth-order valence-corrected chi connectivity index (χ4v) is 3.89. The summed E-state index contributed by atoms with van der Waals surface area (Å²) in [6.07, 6.45) is 1.50. The first-order valence-corrected chi connectivity index (χ1v) is 10.0. The van der Waals surface area contributed by atoms with Gasteiger partial charge in [0.1, 0.15) is 11.5 Å². The van der Waals surface area contributed by atoms with E-state index in [0.717, 1.165) is 0 Å². The number of methoxy groups -OCH3 is 1. The first-order valence-electron chi connectivity index (χ1n) is 8.16. The van der Waals surface area contributed by atoms with E-state index in [9.17, 15) is 13.2 Å². The molecule has 146 valence electrons. The Hall–Kier alpha value is -2.97. The molecule has 0 spiro atoms. The molecule has 28 heavy (non-hydrogen) atoms. The van der Waals surface area contributed by atoms with Gasteiger partial charge in [-0.3, -0.25) is 9.52 Å². The van der Waals surface area contributed by atoms with Crippen LogP contribution in [-0.2, 0) is 16.6 Å². The van der Waals surface area contributed by atoms with Gasteiger partial charge in [-0.1, -0.05) is 23.7 Å². The molecule has 2 aromatic carbocycles. The van der Waals surface area contributed by atoms with Crippen molar-refractivity contribution in [3.8, 4) is 5.75 Å². The van der Waals surface area contributed by atoms with Crippen LogP contribution in [0, 0.1) is 0 Å². The van der Waals surface area contributed by atoms with E-state index in [1.165, 1.54) is 43.7 Å². The van der Waals surface area contributed by atoms with E-state index in [1.807, 2.05) is 0 Å². The standard InChI is InChI=1S/C19H17ClN2O5S/c1-26-18-9-8-14(11-16(18)20)28(24,25)22-17-7-3-2-6-15(17)19(23)21-12-13-5-4-10-27-13/h2-11,22H,12H2,1H3,(H,21,23). The third kappa shape index (κ3) is 4.47. The molecule has 0 saturated heterocycles. The van der Waals surface area contributed by atoms with Gasteiger partial charge in [0, 0.05) is 0 Å². The van der Waals surface area contributed by atoms with Crippen LogP contribution in [0.15, 0.2) is 70.2 Å². The average molecular weight is 421 g/mol. The Morgan fingerprint density at radius 3 is 2.61 bits per heavy atom. The number of amides is 1. The van der Waals surface area contributed by atoms with E-state index in [2.05, 4.69) is 10.0 Å². The molecule has 0 aliphatic rings. The molecule has 0 atom stereocenters. The summed E-state index contributed by atoms with van der Waals surface area (Å²) in [5.41, 5.74) is 0.323. The van der Waals surface area contributed by atoms with E-state index in [0.29, 0.717) is 11.5 Å². The molecule has 1 amide bonds. The van der Waals surface area contributed by atoms with Crippen molar-refractivity contribution in [2.24, 2.45) is 0 Å². The Bertz CT molecular complexity index is 1080. The van der Waals surface area contributed by atoms with E-state index in [-0.39, 0.29) is 27.7 Å². The highest BCUT2D eigenvalue weighted by Gasteiger charge is 2.20. The van der Waals surface area contributed by atoms with Crippen LogP contribution < -0.4 is 14.8 Å². The second kappa shape index (κ2) is 8.37. The number of carbonyl (C=O) groups is 1. The summed E-state index contributed by atoms with van der Waals surface area (Å²) >= 11 is 6.02. The Kier molecular flexibility index (Phi) is 5.91. The molecule has 9 heteroatoms. The van der Waals surface area contributed by atoms with Gasteiger partial charge in [-0.2, -0.15) is 0 Å². The van der Waals surface area contributed by atoms with Crippen molar-refractivity contribution in [1.29, 1.82) is 0 Å². The molecule has 1 aromatic heterocycles. The molecule has 1 heterocycles. The van der Waals surface area contributed by atoms with Gasteiger partial charge in [0.2, 0.25) is 0 Å². The molecule has 0 aliphatic carbocycles. The lowest BCUT2D eigenvalue weighted by Crippen LogP contribution is -2.24. The van der Waals surface area contributed by atoms with Gasteiger partial charge >= 0.3 is 0 Å². The third-order valence-electron chi connectivity index (χ3n) is 3.85. The van der Waals surface area contributed by atoms with Gasteiger partial charge in [0.05, 0.1) is 41.1 Å². The van der Waals surface area contributed by atoms with Crippen LogP contribution in [-0.4, -0.2) is 21.4 Å². The summed E-state index contributed by atoms with van der Waals surface area (Å²) in [7, 11) is -2.53. The van der Waals surface area contributed by atoms with Crippen LogP contribution >= 0.6 is 11.6 Å². The van der Waals surface area contributed by atoms with E-state index < -0.39 is 15.9 Å². The summed E-state index contributed by atoms with van der Waals surface area (Å²) < 4.78 is 38.1. The SMILES string of the molecule is COc1ccc(S(=O)(=O)Nc2ccccc2C(=O)NCc2ccco2)cc1Cl. The average Bonchev–Trinajstić information content (AvgIpc) is 3.20. The van der Waals surface area contributed by atoms with Crippen molar-refractivity contribution in [3.63, 3.8) is 0 Å². The second-order valence-electron chi connectivity index (χ2n) is 5.71. The summed E-state index contributed by atoms with van der Waals surface area (Å²) in [6.45, 7) is 0.182. The number of anilines is 1. The zero-order valence-electron chi connectivity index (χ0n) is 14.8. The zero-order valence-corrected chi connectivity index (χ0v) is 16.4. The normalized spacial score (nSPS) is 11.1. The lowest BCUT2D eigenvalue weighted by atomic mass is 10.1. The number of furan rings is 1. The molecular weight excluding hydrogens is 404 g/mol. The highest BCUT2D eigenvalue weighted by atomic mass is 35.5. The quantitative estimate of drug-likeness (QED) is 0.607. The first-order chi connectivity index (χ1) is 13.4. The first kappa shape index (κ1) is 19.8. The maximum Gasteiger partial charge on any atom is 0.261 e. The van der Waals surface area contributed by atoms with Crippen LogP contribution in [0.3, 0.4) is 0 Å². The largest absolute Gasteiger partial charge is 0.495 e. The van der Waals surface area contributed by atoms with Crippen molar-refractivity contribution in [3.05, 3.63) is 77.2 Å². The topological polar surface area (TPSA) is 97.6 Å². The Labute approximate surface area is 167 Å². The second-order valence-corrected chi connectivity index (χ2v) is 7.80. The maximum absolute atomic E-state index is 12.7. The summed E-state index contributed by atoms with van der Waals surface area (Å²) in [4.78, 5) is 12.4. The van der Waals surface area contributed by atoms with Crippen molar-refractivity contribution >= 4 is 33.2 Å². The lowest BCUT2D eigenvalue weighted by Gasteiger charge is -2.13. The minimum absolute atomic E-state index is 0.0518. The number of benzene rings is 2. The van der Waals surface area contributed by atoms with E-state index in [1.54, 1.807) is 24.3 Å². The number of hydrogen-bond acceptors (Lipinski definition) is 5. The van der Waals surface area contributed by atoms with E-state index >= 15 is 0 Å². The van der Waals surface area contributed by atoms with Crippen molar-refractivity contribution in [2.75, 3.05) is 11.8 Å². The number of halogens is 1. The predicted octanol–water partition coefficient (Wildman–Crippen LogP) is 3.67. The minimum atomic E-state index is -3.96. The molecule has 0 saturated carbocycles. The Morgan fingerprint density at radius 1 is 1.14 bits per heavy atom. The molecule has 0 fully saturated rings. The Balaban J connectivity index is 1.82. The summed E-state index contributed by atoms with van der Waals surface area (Å²) in [5.74, 6) is 0.500. The van der Waals surface area contributed by atoms with Crippen LogP contribution in [0.1, 0.15) is 16.1 Å². The molecule has 0 unspecified atom stereocenters. The molecule has 3 aromatic rings. The molecule has 0 bridgehead atoms. The number of ether oxygens (including phenoxy) is 1. The van der Waals surface area contributed by atoms with Crippen molar-refractivity contribution < 1.29 is 22.4 Å². The maximum atomic E-state index is 12.7. The number of para-hydroxylation sites is 1. The van der Waals surface area contributed by atoms with Crippen LogP contribution in [0.5, 0.6) is 5.75 Å². The van der Waals surface area contributed by atoms with Gasteiger partial charge in [-0.25, -0.2) is 8.42 Å². The number of hydrogen-bond donors (Lipinski definition) is 2. The molecule has 0 aliphatic heterocycles. The highest BCUT2D eigenvalue weighted by molar-refractivity contribution is 7.92. The molecule has 3 rings (SSSR count). The fraction of sp³-hybridized carbons (Fsp3) is 0.105. The molecular formula is C19H17ClN2O5S. The number of sulfonamides is 1. The van der Waals surface area contributed by atoms with E-state index in [4.69, 9.17) is 20.8 Å². The van der Waals surface area contributed by atoms with Gasteiger partial charge < -0.3 is 14.5 Å². The smallest absolute Gasteiger partial charge is 0.261 e. The summed E-state index contributed by atoms with van der Waals surface area (Å²) in [6, 6.07) is 13.8. The summed E-state index contributed by atoms with van der Waals surface area (Å²) in [5, 5.41) is 2.85. The molecule has 0 radical (unpaired) electrons. The number of rotatable bonds is 7. The number of carbonyl (C=O) groups excluding carboxylic acids is 1. The highest BCUT2D eigenvalue weighted by Crippen LogP contribution is 2.28. The zero-order chi connectivity index (χ0) is 20.1. The van der Waals surface area contributed by atoms with Gasteiger partial charge in [0.15, 0.2) is 0 Å². The fourth-order valence-electron chi connectivity index (χ4n) is 2.46. The van der Waals surface area contributed by atoms with Crippen LogP contribution in [0.25, 0.3) is 0 Å². The van der Waals surface area contributed by atoms with Gasteiger partial charge in [-0.05, 0) is 42.5 Å². The van der Waals surface area contributed by atoms with Crippen molar-refractivity contribution in [1.82, 2.24) is 5.32 Å². The number of nitrogens with one attached hydrogen (secondary N) is 2. The van der Waals surface area contributed by atoms with Gasteiger partial charge in [-0.15, -0.1) is 0 Å². The minimum Gasteiger partial charge on any atom is -0.495 e. The molecule has 2 N–H and O–H groups in total.